The molecule has 0 atom stereocenters. The lowest BCUT2D eigenvalue weighted by molar-refractivity contribution is 0.597. The molecule has 114 valence electrons. The lowest BCUT2D eigenvalue weighted by Gasteiger charge is -2.11. The van der Waals surface area contributed by atoms with Crippen LogP contribution >= 0.6 is 0 Å². The highest BCUT2D eigenvalue weighted by Crippen LogP contribution is 1.98. The van der Waals surface area contributed by atoms with Crippen LogP contribution in [0.4, 0.5) is 0 Å². The van der Waals surface area contributed by atoms with Gasteiger partial charge in [-0.15, -0.1) is 0 Å². The zero-order valence-electron chi connectivity index (χ0n) is 12.9. The molecular weight excluding hydrogens is 266 g/mol. The third-order valence-electron chi connectivity index (χ3n) is 3.06. The molecule has 2 rings (SSSR count). The number of rotatable bonds is 6. The van der Waals surface area contributed by atoms with Crippen molar-refractivity contribution in [1.82, 2.24) is 30.2 Å². The molecule has 0 aromatic carbocycles. The average molecular weight is 289 g/mol. The predicted molar refractivity (Wildman–Crippen MR) is 83.0 cm³/mol. The van der Waals surface area contributed by atoms with Crippen LogP contribution in [0.25, 0.3) is 0 Å². The zero-order chi connectivity index (χ0) is 15.1. The SMILES string of the molecule is CCNC(=NCc1ccnn1C)NCCn1cc(C)cn1. The van der Waals surface area contributed by atoms with Crippen molar-refractivity contribution in [2.75, 3.05) is 13.1 Å². The van der Waals surface area contributed by atoms with Crippen molar-refractivity contribution in [3.8, 4) is 0 Å². The Bertz CT molecular complexity index is 582. The molecule has 0 aliphatic carbocycles. The predicted octanol–water partition coefficient (Wildman–Crippen LogP) is 0.680. The van der Waals surface area contributed by atoms with Crippen molar-refractivity contribution in [2.24, 2.45) is 12.0 Å². The molecule has 0 aliphatic rings. The van der Waals surface area contributed by atoms with E-state index in [0.29, 0.717) is 6.54 Å². The fraction of sp³-hybridized carbons (Fsp3) is 0.500. The van der Waals surface area contributed by atoms with Gasteiger partial charge in [0, 0.05) is 32.5 Å². The molecule has 2 aromatic rings. The Balaban J connectivity index is 1.85. The first-order valence-corrected chi connectivity index (χ1v) is 7.17. The van der Waals surface area contributed by atoms with Gasteiger partial charge in [-0.2, -0.15) is 10.2 Å². The Morgan fingerprint density at radius 1 is 1.33 bits per heavy atom. The Labute approximate surface area is 125 Å². The minimum atomic E-state index is 0.604. The van der Waals surface area contributed by atoms with Crippen LogP contribution in [-0.4, -0.2) is 38.6 Å². The Morgan fingerprint density at radius 2 is 2.19 bits per heavy atom. The average Bonchev–Trinajstić information content (AvgIpc) is 3.05. The van der Waals surface area contributed by atoms with E-state index in [4.69, 9.17) is 0 Å². The van der Waals surface area contributed by atoms with Crippen LogP contribution in [0.2, 0.25) is 0 Å². The molecule has 0 fully saturated rings. The fourth-order valence-electron chi connectivity index (χ4n) is 1.94. The first-order chi connectivity index (χ1) is 10.2. The van der Waals surface area contributed by atoms with Crippen LogP contribution in [0.3, 0.4) is 0 Å². The van der Waals surface area contributed by atoms with Crippen LogP contribution in [0.5, 0.6) is 0 Å². The third-order valence-corrected chi connectivity index (χ3v) is 3.06. The molecule has 21 heavy (non-hydrogen) atoms. The quantitative estimate of drug-likeness (QED) is 0.606. The first kappa shape index (κ1) is 15.1. The van der Waals surface area contributed by atoms with E-state index >= 15 is 0 Å². The lowest BCUT2D eigenvalue weighted by atomic mass is 10.4. The zero-order valence-corrected chi connectivity index (χ0v) is 12.9. The minimum absolute atomic E-state index is 0.604. The smallest absolute Gasteiger partial charge is 0.191 e. The van der Waals surface area contributed by atoms with Crippen LogP contribution in [-0.2, 0) is 20.1 Å². The highest BCUT2D eigenvalue weighted by molar-refractivity contribution is 5.79. The van der Waals surface area contributed by atoms with E-state index in [1.807, 2.05) is 41.8 Å². The second-order valence-corrected chi connectivity index (χ2v) is 4.85. The normalized spacial score (nSPS) is 11.7. The van der Waals surface area contributed by atoms with Gasteiger partial charge in [-0.25, -0.2) is 4.99 Å². The number of aliphatic imine (C=N–C) groups is 1. The standard InChI is InChI=1S/C14H23N7/c1-4-15-14(17-10-13-5-6-18-20(13)3)16-7-8-21-11-12(2)9-19-21/h5-6,9,11H,4,7-8,10H2,1-3H3,(H2,15,16,17). The van der Waals surface area contributed by atoms with E-state index in [0.717, 1.165) is 31.3 Å². The number of guanidine groups is 1. The summed E-state index contributed by atoms with van der Waals surface area (Å²) in [5.41, 5.74) is 2.25. The molecule has 0 aliphatic heterocycles. The number of hydrogen-bond acceptors (Lipinski definition) is 3. The van der Waals surface area contributed by atoms with E-state index < -0.39 is 0 Å². The maximum atomic E-state index is 4.56. The van der Waals surface area contributed by atoms with Crippen LogP contribution < -0.4 is 10.6 Å². The number of nitrogens with zero attached hydrogens (tertiary/aromatic N) is 5. The molecule has 2 N–H and O–H groups in total. The van der Waals surface area contributed by atoms with Crippen molar-refractivity contribution >= 4 is 5.96 Å². The lowest BCUT2D eigenvalue weighted by Crippen LogP contribution is -2.38. The Kier molecular flexibility index (Phi) is 5.36. The number of aryl methyl sites for hydroxylation is 2. The highest BCUT2D eigenvalue weighted by Gasteiger charge is 2.00. The summed E-state index contributed by atoms with van der Waals surface area (Å²) in [6, 6.07) is 1.97. The van der Waals surface area contributed by atoms with Crippen molar-refractivity contribution < 1.29 is 0 Å². The second-order valence-electron chi connectivity index (χ2n) is 4.85. The van der Waals surface area contributed by atoms with Crippen LogP contribution in [0.15, 0.2) is 29.6 Å². The molecule has 0 saturated heterocycles. The summed E-state index contributed by atoms with van der Waals surface area (Å²) in [4.78, 5) is 4.56. The van der Waals surface area contributed by atoms with Gasteiger partial charge in [0.1, 0.15) is 0 Å². The maximum absolute atomic E-state index is 4.56. The van der Waals surface area contributed by atoms with Gasteiger partial charge in [0.25, 0.3) is 0 Å². The monoisotopic (exact) mass is 289 g/mol. The van der Waals surface area contributed by atoms with E-state index in [2.05, 4.69) is 32.7 Å². The van der Waals surface area contributed by atoms with Gasteiger partial charge in [0.15, 0.2) is 5.96 Å². The Hall–Kier alpha value is -2.31. The molecular formula is C14H23N7. The summed E-state index contributed by atoms with van der Waals surface area (Å²) in [6.07, 6.45) is 5.67. The molecule has 0 spiro atoms. The van der Waals surface area contributed by atoms with Gasteiger partial charge < -0.3 is 10.6 Å². The van der Waals surface area contributed by atoms with Gasteiger partial charge in [0.2, 0.25) is 0 Å². The topological polar surface area (TPSA) is 72.1 Å². The molecule has 7 nitrogen and oxygen atoms in total. The number of nitrogens with one attached hydrogen (secondary N) is 2. The molecule has 2 aromatic heterocycles. The van der Waals surface area contributed by atoms with E-state index in [1.165, 1.54) is 5.56 Å². The fourth-order valence-corrected chi connectivity index (χ4v) is 1.94. The highest BCUT2D eigenvalue weighted by atomic mass is 15.3. The first-order valence-electron chi connectivity index (χ1n) is 7.17. The summed E-state index contributed by atoms with van der Waals surface area (Å²) in [5.74, 6) is 0.808. The van der Waals surface area contributed by atoms with Gasteiger partial charge in [-0.05, 0) is 25.5 Å². The van der Waals surface area contributed by atoms with Crippen molar-refractivity contribution in [1.29, 1.82) is 0 Å². The summed E-state index contributed by atoms with van der Waals surface area (Å²) in [7, 11) is 1.92. The molecule has 0 saturated carbocycles. The molecule has 0 unspecified atom stereocenters. The van der Waals surface area contributed by atoms with E-state index in [1.54, 1.807) is 6.20 Å². The summed E-state index contributed by atoms with van der Waals surface area (Å²) >= 11 is 0. The van der Waals surface area contributed by atoms with E-state index in [9.17, 15) is 0 Å². The summed E-state index contributed by atoms with van der Waals surface area (Å²) in [5, 5.41) is 14.9. The Morgan fingerprint density at radius 3 is 2.81 bits per heavy atom. The van der Waals surface area contributed by atoms with Crippen molar-refractivity contribution in [3.05, 3.63) is 35.9 Å². The van der Waals surface area contributed by atoms with Gasteiger partial charge >= 0.3 is 0 Å². The van der Waals surface area contributed by atoms with E-state index in [-0.39, 0.29) is 0 Å². The van der Waals surface area contributed by atoms with Gasteiger partial charge in [0.05, 0.1) is 25.0 Å². The van der Waals surface area contributed by atoms with Crippen LogP contribution in [0.1, 0.15) is 18.2 Å². The number of hydrogen-bond donors (Lipinski definition) is 2. The van der Waals surface area contributed by atoms with Crippen molar-refractivity contribution in [3.63, 3.8) is 0 Å². The molecule has 0 radical (unpaired) electrons. The van der Waals surface area contributed by atoms with Crippen LogP contribution in [0, 0.1) is 6.92 Å². The molecule has 7 heteroatoms. The minimum Gasteiger partial charge on any atom is -0.357 e. The summed E-state index contributed by atoms with van der Waals surface area (Å²) < 4.78 is 3.76. The van der Waals surface area contributed by atoms with Gasteiger partial charge in [-0.3, -0.25) is 9.36 Å². The molecule has 2 heterocycles. The largest absolute Gasteiger partial charge is 0.357 e. The molecule has 0 bridgehead atoms. The second kappa shape index (κ2) is 7.47. The maximum Gasteiger partial charge on any atom is 0.191 e. The van der Waals surface area contributed by atoms with Crippen molar-refractivity contribution in [2.45, 2.75) is 26.9 Å². The third kappa shape index (κ3) is 4.62. The number of aromatic nitrogens is 4. The molecule has 0 amide bonds. The van der Waals surface area contributed by atoms with Gasteiger partial charge in [-0.1, -0.05) is 0 Å². The summed E-state index contributed by atoms with van der Waals surface area (Å²) in [6.45, 7) is 7.11.